The Bertz CT molecular complexity index is 288. The lowest BCUT2D eigenvalue weighted by atomic mass is 9.90. The van der Waals surface area contributed by atoms with E-state index in [1.165, 1.54) is 0 Å². The highest BCUT2D eigenvalue weighted by atomic mass is 16.3. The van der Waals surface area contributed by atoms with Crippen LogP contribution in [0.1, 0.15) is 45.4 Å². The summed E-state index contributed by atoms with van der Waals surface area (Å²) in [4.78, 5) is 0. The van der Waals surface area contributed by atoms with Gasteiger partial charge < -0.3 is 15.3 Å². The van der Waals surface area contributed by atoms with Gasteiger partial charge >= 0.3 is 0 Å². The summed E-state index contributed by atoms with van der Waals surface area (Å²) in [6.45, 7) is 5.83. The first kappa shape index (κ1) is 16.4. The van der Waals surface area contributed by atoms with Gasteiger partial charge in [-0.25, -0.2) is 0 Å². The molecule has 1 fully saturated rings. The molecule has 0 aliphatic heterocycles. The van der Waals surface area contributed by atoms with Crippen LogP contribution in [0, 0.1) is 11.8 Å². The zero-order valence-corrected chi connectivity index (χ0v) is 11.9. The molecule has 1 aliphatic carbocycles. The van der Waals surface area contributed by atoms with E-state index < -0.39 is 18.3 Å². The molecule has 0 amide bonds. The first-order valence-corrected chi connectivity index (χ1v) is 7.43. The van der Waals surface area contributed by atoms with Gasteiger partial charge in [0.25, 0.3) is 0 Å². The molecular weight excluding hydrogens is 240 g/mol. The Hall–Kier alpha value is -0.640. The number of aliphatic hydroxyl groups is 3. The molecule has 3 heteroatoms. The molecule has 3 N–H and O–H groups in total. The van der Waals surface area contributed by atoms with Crippen LogP contribution >= 0.6 is 0 Å². The average Bonchev–Trinajstić information content (AvgIpc) is 2.63. The van der Waals surface area contributed by atoms with Crippen LogP contribution in [0.4, 0.5) is 0 Å². The minimum atomic E-state index is -0.515. The lowest BCUT2D eigenvalue weighted by Gasteiger charge is -2.19. The van der Waals surface area contributed by atoms with Crippen molar-refractivity contribution in [3.8, 4) is 0 Å². The Morgan fingerprint density at radius 1 is 1.26 bits per heavy atom. The van der Waals surface area contributed by atoms with Crippen LogP contribution in [-0.4, -0.2) is 33.6 Å². The third kappa shape index (κ3) is 5.09. The van der Waals surface area contributed by atoms with E-state index in [1.54, 1.807) is 12.2 Å². The minimum Gasteiger partial charge on any atom is -0.393 e. The van der Waals surface area contributed by atoms with Gasteiger partial charge in [0.1, 0.15) is 0 Å². The maximum Gasteiger partial charge on any atom is 0.0721 e. The molecule has 4 unspecified atom stereocenters. The fourth-order valence-electron chi connectivity index (χ4n) is 2.86. The number of allylic oxidation sites excluding steroid dienone is 1. The van der Waals surface area contributed by atoms with E-state index in [9.17, 15) is 15.3 Å². The van der Waals surface area contributed by atoms with Crippen LogP contribution < -0.4 is 0 Å². The fraction of sp³-hybridized carbons (Fsp3) is 0.750. The maximum atomic E-state index is 9.96. The summed E-state index contributed by atoms with van der Waals surface area (Å²) in [5.74, 6) is -0.0552. The largest absolute Gasteiger partial charge is 0.393 e. The molecule has 19 heavy (non-hydrogen) atoms. The predicted molar refractivity (Wildman–Crippen MR) is 77.7 cm³/mol. The summed E-state index contributed by atoms with van der Waals surface area (Å²) in [6.07, 6.45) is 9.18. The van der Waals surface area contributed by atoms with E-state index in [1.807, 2.05) is 6.08 Å². The highest BCUT2D eigenvalue weighted by Gasteiger charge is 2.39. The van der Waals surface area contributed by atoms with Crippen LogP contribution in [0.15, 0.2) is 24.8 Å². The average molecular weight is 268 g/mol. The summed E-state index contributed by atoms with van der Waals surface area (Å²) in [6, 6.07) is 0. The van der Waals surface area contributed by atoms with E-state index in [4.69, 9.17) is 0 Å². The van der Waals surface area contributed by atoms with Gasteiger partial charge in [-0.1, -0.05) is 44.4 Å². The smallest absolute Gasteiger partial charge is 0.0721 e. The molecule has 0 aromatic carbocycles. The van der Waals surface area contributed by atoms with Crippen LogP contribution in [0.5, 0.6) is 0 Å². The second kappa shape index (κ2) is 8.51. The Morgan fingerprint density at radius 2 is 2.00 bits per heavy atom. The molecular formula is C16H28O3. The van der Waals surface area contributed by atoms with Gasteiger partial charge in [-0.15, -0.1) is 6.58 Å². The van der Waals surface area contributed by atoms with Crippen LogP contribution in [0.25, 0.3) is 0 Å². The number of aliphatic hydroxyl groups excluding tert-OH is 3. The third-order valence-corrected chi connectivity index (χ3v) is 4.01. The summed E-state index contributed by atoms with van der Waals surface area (Å²) >= 11 is 0. The second-order valence-corrected chi connectivity index (χ2v) is 5.58. The number of rotatable bonds is 8. The van der Waals surface area contributed by atoms with E-state index in [0.717, 1.165) is 25.7 Å². The fourth-order valence-corrected chi connectivity index (χ4v) is 2.86. The van der Waals surface area contributed by atoms with Crippen molar-refractivity contribution in [2.24, 2.45) is 11.8 Å². The normalized spacial score (nSPS) is 32.8. The monoisotopic (exact) mass is 268 g/mol. The number of hydrogen-bond donors (Lipinski definition) is 3. The summed E-state index contributed by atoms with van der Waals surface area (Å²) in [7, 11) is 0. The van der Waals surface area contributed by atoms with Crippen LogP contribution in [-0.2, 0) is 0 Å². The first-order chi connectivity index (χ1) is 9.10. The molecule has 0 aromatic rings. The van der Waals surface area contributed by atoms with E-state index in [2.05, 4.69) is 13.5 Å². The number of hydrogen-bond acceptors (Lipinski definition) is 3. The second-order valence-electron chi connectivity index (χ2n) is 5.58. The van der Waals surface area contributed by atoms with E-state index in [0.29, 0.717) is 12.8 Å². The third-order valence-electron chi connectivity index (χ3n) is 4.01. The number of unbranched alkanes of at least 4 members (excludes halogenated alkanes) is 2. The van der Waals surface area contributed by atoms with E-state index in [-0.39, 0.29) is 11.8 Å². The first-order valence-electron chi connectivity index (χ1n) is 7.43. The van der Waals surface area contributed by atoms with Crippen LogP contribution in [0.3, 0.4) is 0 Å². The van der Waals surface area contributed by atoms with Crippen molar-refractivity contribution in [2.75, 3.05) is 0 Å². The molecule has 0 saturated heterocycles. The van der Waals surface area contributed by atoms with Gasteiger partial charge in [-0.05, 0) is 18.8 Å². The molecule has 1 saturated carbocycles. The van der Waals surface area contributed by atoms with Crippen molar-refractivity contribution >= 4 is 0 Å². The molecule has 0 heterocycles. The van der Waals surface area contributed by atoms with Gasteiger partial charge in [0, 0.05) is 12.3 Å². The maximum absolute atomic E-state index is 9.96. The summed E-state index contributed by atoms with van der Waals surface area (Å²) < 4.78 is 0. The van der Waals surface area contributed by atoms with Crippen molar-refractivity contribution < 1.29 is 15.3 Å². The molecule has 0 spiro atoms. The SMILES string of the molecule is C=CCC1C(O)CC(O)[C@@H]1/C=C/C(O)CCCCC. The van der Waals surface area contributed by atoms with Gasteiger partial charge in [-0.3, -0.25) is 0 Å². The highest BCUT2D eigenvalue weighted by Crippen LogP contribution is 2.36. The zero-order chi connectivity index (χ0) is 14.3. The molecule has 0 radical (unpaired) electrons. The van der Waals surface area contributed by atoms with Gasteiger partial charge in [0.05, 0.1) is 18.3 Å². The molecule has 5 atom stereocenters. The highest BCUT2D eigenvalue weighted by molar-refractivity contribution is 5.05. The van der Waals surface area contributed by atoms with Crippen molar-refractivity contribution in [3.05, 3.63) is 24.8 Å². The van der Waals surface area contributed by atoms with Gasteiger partial charge in [-0.2, -0.15) is 0 Å². The van der Waals surface area contributed by atoms with Gasteiger partial charge in [0.2, 0.25) is 0 Å². The topological polar surface area (TPSA) is 60.7 Å². The van der Waals surface area contributed by atoms with Gasteiger partial charge in [0.15, 0.2) is 0 Å². The lowest BCUT2D eigenvalue weighted by Crippen LogP contribution is -2.20. The van der Waals surface area contributed by atoms with Crippen molar-refractivity contribution in [2.45, 2.75) is 63.8 Å². The standard InChI is InChI=1S/C16H28O3/c1-3-5-6-8-12(17)9-10-14-13(7-4-2)15(18)11-16(14)19/h4,9-10,12-19H,2-3,5-8,11H2,1H3/b10-9+/t12?,13?,14-,15?,16?/m1/s1. The zero-order valence-electron chi connectivity index (χ0n) is 11.9. The summed E-state index contributed by atoms with van der Waals surface area (Å²) in [5.41, 5.74) is 0. The Labute approximate surface area is 116 Å². The lowest BCUT2D eigenvalue weighted by molar-refractivity contribution is 0.120. The van der Waals surface area contributed by atoms with E-state index >= 15 is 0 Å². The molecule has 1 rings (SSSR count). The molecule has 0 aromatic heterocycles. The molecule has 1 aliphatic rings. The minimum absolute atomic E-state index is 0.0200. The van der Waals surface area contributed by atoms with Crippen molar-refractivity contribution in [1.29, 1.82) is 0 Å². The Morgan fingerprint density at radius 3 is 2.63 bits per heavy atom. The molecule has 3 nitrogen and oxygen atoms in total. The summed E-state index contributed by atoms with van der Waals surface area (Å²) in [5, 5.41) is 29.7. The quantitative estimate of drug-likeness (QED) is 0.468. The van der Waals surface area contributed by atoms with Crippen molar-refractivity contribution in [1.82, 2.24) is 0 Å². The predicted octanol–water partition coefficient (Wildman–Crippen LogP) is 2.42. The van der Waals surface area contributed by atoms with Crippen LogP contribution in [0.2, 0.25) is 0 Å². The van der Waals surface area contributed by atoms with Crippen molar-refractivity contribution in [3.63, 3.8) is 0 Å². The Balaban J connectivity index is 2.50. The molecule has 110 valence electrons. The molecule has 0 bridgehead atoms. The Kier molecular flexibility index (Phi) is 7.36.